The number of furan rings is 1. The van der Waals surface area contributed by atoms with Crippen LogP contribution in [0.1, 0.15) is 13.8 Å². The maximum Gasteiger partial charge on any atom is 0.162 e. The molecule has 0 amide bonds. The Bertz CT molecular complexity index is 631. The summed E-state index contributed by atoms with van der Waals surface area (Å²) in [4.78, 5) is 4.41. The number of pyridine rings is 1. The molecule has 0 saturated heterocycles. The highest BCUT2D eigenvalue weighted by Gasteiger charge is 2.27. The molecule has 19 heavy (non-hydrogen) atoms. The summed E-state index contributed by atoms with van der Waals surface area (Å²) in [5.41, 5.74) is 0.692. The van der Waals surface area contributed by atoms with Gasteiger partial charge in [-0.3, -0.25) is 0 Å². The van der Waals surface area contributed by atoms with Gasteiger partial charge in [0.25, 0.3) is 0 Å². The Hall–Kier alpha value is -0.380. The minimum atomic E-state index is -2.38. The van der Waals surface area contributed by atoms with Gasteiger partial charge in [0.15, 0.2) is 5.76 Å². The first kappa shape index (κ1) is 15.0. The van der Waals surface area contributed by atoms with Crippen molar-refractivity contribution in [2.24, 2.45) is 0 Å². The largest absolute Gasteiger partial charge is 0.462 e. The number of hydrogen-bond donors (Lipinski definition) is 0. The highest BCUT2D eigenvalue weighted by atomic mass is 79.9. The molecule has 0 N–H and O–H groups in total. The van der Waals surface area contributed by atoms with Crippen molar-refractivity contribution < 1.29 is 8.98 Å². The van der Waals surface area contributed by atoms with E-state index in [-0.39, 0.29) is 0 Å². The van der Waals surface area contributed by atoms with E-state index in [0.29, 0.717) is 28.4 Å². The van der Waals surface area contributed by atoms with Crippen molar-refractivity contribution in [1.29, 1.82) is 0 Å². The van der Waals surface area contributed by atoms with E-state index < -0.39 is 7.14 Å². The average molecular weight is 407 g/mol. The highest BCUT2D eigenvalue weighted by molar-refractivity contribution is 9.13. The van der Waals surface area contributed by atoms with Crippen LogP contribution >= 0.6 is 39.0 Å². The molecule has 0 radical (unpaired) electrons. The van der Waals surface area contributed by atoms with Gasteiger partial charge in [0, 0.05) is 12.3 Å². The Morgan fingerprint density at radius 2 is 1.89 bits per heavy atom. The number of aromatic nitrogens is 1. The first-order chi connectivity index (χ1) is 9.01. The molecule has 2 aromatic rings. The first-order valence-corrected chi connectivity index (χ1v) is 9.66. The lowest BCUT2D eigenvalue weighted by atomic mass is 10.3. The summed E-state index contributed by atoms with van der Waals surface area (Å²) in [6.07, 6.45) is 2.85. The van der Waals surface area contributed by atoms with E-state index in [1.54, 1.807) is 12.3 Å². The third-order valence-electron chi connectivity index (χ3n) is 3.14. The van der Waals surface area contributed by atoms with Crippen LogP contribution in [-0.2, 0) is 4.57 Å². The maximum absolute atomic E-state index is 12.9. The summed E-state index contributed by atoms with van der Waals surface area (Å²) in [5.74, 6) is 0.611. The molecule has 0 aromatic carbocycles. The Kier molecular flexibility index (Phi) is 4.70. The number of hydrogen-bond acceptors (Lipinski definition) is 3. The van der Waals surface area contributed by atoms with Crippen molar-refractivity contribution in [3.05, 3.63) is 33.5 Å². The van der Waals surface area contributed by atoms with Gasteiger partial charge in [-0.1, -0.05) is 13.8 Å². The molecule has 0 aliphatic carbocycles. The summed E-state index contributed by atoms with van der Waals surface area (Å²) < 4.78 is 20.0. The average Bonchev–Trinajstić information content (AvgIpc) is 2.91. The van der Waals surface area contributed by atoms with Crippen molar-refractivity contribution in [2.75, 3.05) is 12.3 Å². The smallest absolute Gasteiger partial charge is 0.162 e. The zero-order valence-electron chi connectivity index (χ0n) is 10.7. The summed E-state index contributed by atoms with van der Waals surface area (Å²) >= 11 is 6.76. The van der Waals surface area contributed by atoms with E-state index >= 15 is 0 Å². The minimum absolute atomic E-state index is 0.611. The third-order valence-corrected chi connectivity index (χ3v) is 8.19. The molecular weight excluding hydrogens is 393 g/mol. The van der Waals surface area contributed by atoms with Crippen molar-refractivity contribution >= 4 is 44.3 Å². The molecule has 2 aromatic heterocycles. The molecule has 0 unspecified atom stereocenters. The van der Waals surface area contributed by atoms with Crippen LogP contribution < -0.4 is 5.30 Å². The van der Waals surface area contributed by atoms with Crippen molar-refractivity contribution in [1.82, 2.24) is 4.98 Å². The molecule has 0 aliphatic rings. The maximum atomic E-state index is 12.9. The second-order valence-electron chi connectivity index (χ2n) is 4.13. The lowest BCUT2D eigenvalue weighted by Crippen LogP contribution is -2.09. The molecular formula is C13H14Br2NO2P. The topological polar surface area (TPSA) is 43.1 Å². The number of halogens is 2. The molecule has 2 heterocycles. The Morgan fingerprint density at radius 3 is 2.47 bits per heavy atom. The van der Waals surface area contributed by atoms with Gasteiger partial charge in [-0.2, -0.15) is 0 Å². The Labute approximate surface area is 129 Å². The molecule has 0 atom stereocenters. The Balaban J connectivity index is 2.56. The van der Waals surface area contributed by atoms with Gasteiger partial charge in [-0.05, 0) is 50.1 Å². The summed E-state index contributed by atoms with van der Waals surface area (Å²) in [6.45, 7) is 3.90. The molecule has 102 valence electrons. The molecule has 0 aliphatic heterocycles. The fourth-order valence-electron chi connectivity index (χ4n) is 1.92. The number of nitrogens with zero attached hydrogens (tertiary/aromatic N) is 1. The Morgan fingerprint density at radius 1 is 1.21 bits per heavy atom. The van der Waals surface area contributed by atoms with Gasteiger partial charge in [0.05, 0.1) is 16.0 Å². The van der Waals surface area contributed by atoms with Crippen LogP contribution in [0.4, 0.5) is 0 Å². The van der Waals surface area contributed by atoms with Gasteiger partial charge >= 0.3 is 0 Å². The molecule has 6 heteroatoms. The molecule has 3 nitrogen and oxygen atoms in total. The quantitative estimate of drug-likeness (QED) is 0.536. The molecule has 2 rings (SSSR count). The fraction of sp³-hybridized carbons (Fsp3) is 0.308. The lowest BCUT2D eigenvalue weighted by Gasteiger charge is -2.14. The van der Waals surface area contributed by atoms with Gasteiger partial charge in [0.1, 0.15) is 17.4 Å². The van der Waals surface area contributed by atoms with E-state index in [0.717, 1.165) is 9.78 Å². The second-order valence-corrected chi connectivity index (χ2v) is 9.26. The third kappa shape index (κ3) is 2.88. The SMILES string of the molecule is CCP(=O)(CC)c1ccoc1-c1ccc(Br)c(Br)n1. The zero-order chi connectivity index (χ0) is 14.0. The summed E-state index contributed by atoms with van der Waals surface area (Å²) in [6, 6.07) is 5.55. The predicted octanol–water partition coefficient (Wildman–Crippen LogP) is 4.89. The fourth-order valence-corrected chi connectivity index (χ4v) is 4.47. The van der Waals surface area contributed by atoms with Crippen LogP contribution in [0.5, 0.6) is 0 Å². The van der Waals surface area contributed by atoms with E-state index in [1.165, 1.54) is 0 Å². The van der Waals surface area contributed by atoms with E-state index in [9.17, 15) is 4.57 Å². The van der Waals surface area contributed by atoms with Crippen LogP contribution in [-0.4, -0.2) is 17.3 Å². The standard InChI is InChI=1S/C13H14Br2NO2P/c1-3-19(17,4-2)11-7-8-18-12(11)10-6-5-9(14)13(15)16-10/h5-8H,3-4H2,1-2H3. The van der Waals surface area contributed by atoms with Gasteiger partial charge in [0.2, 0.25) is 0 Å². The molecule has 0 bridgehead atoms. The number of rotatable bonds is 4. The monoisotopic (exact) mass is 405 g/mol. The van der Waals surface area contributed by atoms with E-state index in [1.807, 2.05) is 26.0 Å². The molecule has 0 spiro atoms. The lowest BCUT2D eigenvalue weighted by molar-refractivity contribution is 0.576. The van der Waals surface area contributed by atoms with E-state index in [2.05, 4.69) is 36.8 Å². The van der Waals surface area contributed by atoms with Crippen molar-refractivity contribution in [3.63, 3.8) is 0 Å². The zero-order valence-corrected chi connectivity index (χ0v) is 14.8. The van der Waals surface area contributed by atoms with Crippen LogP contribution in [0.2, 0.25) is 0 Å². The van der Waals surface area contributed by atoms with Gasteiger partial charge in [-0.25, -0.2) is 4.98 Å². The van der Waals surface area contributed by atoms with Crippen molar-refractivity contribution in [2.45, 2.75) is 13.8 Å². The van der Waals surface area contributed by atoms with Crippen molar-refractivity contribution in [3.8, 4) is 11.5 Å². The minimum Gasteiger partial charge on any atom is -0.462 e. The van der Waals surface area contributed by atoms with Crippen LogP contribution in [0.3, 0.4) is 0 Å². The predicted molar refractivity (Wildman–Crippen MR) is 85.7 cm³/mol. The molecule has 0 saturated carbocycles. The highest BCUT2D eigenvalue weighted by Crippen LogP contribution is 2.46. The van der Waals surface area contributed by atoms with Gasteiger partial charge < -0.3 is 8.98 Å². The normalized spacial score (nSPS) is 11.8. The second kappa shape index (κ2) is 5.94. The van der Waals surface area contributed by atoms with Crippen LogP contribution in [0.25, 0.3) is 11.5 Å². The summed E-state index contributed by atoms with van der Waals surface area (Å²) in [5, 5.41) is 0.791. The van der Waals surface area contributed by atoms with Crippen LogP contribution in [0, 0.1) is 0 Å². The summed E-state index contributed by atoms with van der Waals surface area (Å²) in [7, 11) is -2.38. The van der Waals surface area contributed by atoms with E-state index in [4.69, 9.17) is 4.42 Å². The van der Waals surface area contributed by atoms with Gasteiger partial charge in [-0.15, -0.1) is 0 Å². The molecule has 0 fully saturated rings. The van der Waals surface area contributed by atoms with Crippen LogP contribution in [0.15, 0.2) is 38.0 Å². The first-order valence-electron chi connectivity index (χ1n) is 6.00.